The molecule has 0 bridgehead atoms. The summed E-state index contributed by atoms with van der Waals surface area (Å²) in [5.41, 5.74) is 6.64. The van der Waals surface area contributed by atoms with Crippen LogP contribution in [0.25, 0.3) is 0 Å². The molecule has 7 nitrogen and oxygen atoms in total. The number of nitrogens with two attached hydrogens (primary N) is 1. The van der Waals surface area contributed by atoms with Crippen LogP contribution in [0, 0.1) is 0 Å². The van der Waals surface area contributed by atoms with E-state index in [1.807, 2.05) is 11.8 Å². The molecule has 0 radical (unpaired) electrons. The van der Waals surface area contributed by atoms with Gasteiger partial charge in [-0.1, -0.05) is 17.8 Å². The largest absolute Gasteiger partial charge is 0.329 e. The maximum absolute atomic E-state index is 12.3. The number of rotatable bonds is 7. The minimum Gasteiger partial charge on any atom is -0.329 e. The van der Waals surface area contributed by atoms with Crippen LogP contribution >= 0.6 is 11.8 Å². The molecule has 0 saturated carbocycles. The van der Waals surface area contributed by atoms with Gasteiger partial charge in [-0.15, -0.1) is 5.10 Å². The smallest absolute Gasteiger partial charge is 0.237 e. The number of amides is 1. The zero-order valence-electron chi connectivity index (χ0n) is 11.7. The predicted octanol–water partition coefficient (Wildman–Crippen LogP) is 0.640. The van der Waals surface area contributed by atoms with Gasteiger partial charge in [0.1, 0.15) is 0 Å². The number of allylic oxidation sites excluding steroid dienone is 2. The SMILES string of the molecule is CCN(C(=O)CSc1nnnn1CCN)C1=CCCC1. The molecule has 1 aromatic heterocycles. The molecule has 0 aromatic carbocycles. The Labute approximate surface area is 122 Å². The first-order chi connectivity index (χ1) is 9.76. The highest BCUT2D eigenvalue weighted by Gasteiger charge is 2.19. The molecular weight excluding hydrogens is 276 g/mol. The highest BCUT2D eigenvalue weighted by Crippen LogP contribution is 2.23. The van der Waals surface area contributed by atoms with Gasteiger partial charge in [0.2, 0.25) is 11.1 Å². The Morgan fingerprint density at radius 1 is 1.60 bits per heavy atom. The fourth-order valence-corrected chi connectivity index (χ4v) is 2.98. The zero-order valence-corrected chi connectivity index (χ0v) is 12.5. The summed E-state index contributed by atoms with van der Waals surface area (Å²) in [6, 6.07) is 0. The van der Waals surface area contributed by atoms with E-state index in [4.69, 9.17) is 5.73 Å². The minimum atomic E-state index is 0.105. The Morgan fingerprint density at radius 2 is 2.45 bits per heavy atom. The van der Waals surface area contributed by atoms with Crippen LogP contribution in [0.3, 0.4) is 0 Å². The molecule has 1 aromatic rings. The molecule has 0 spiro atoms. The number of carbonyl (C=O) groups is 1. The van der Waals surface area contributed by atoms with E-state index < -0.39 is 0 Å². The molecule has 2 rings (SSSR count). The molecule has 0 aliphatic heterocycles. The van der Waals surface area contributed by atoms with E-state index in [1.54, 1.807) is 4.68 Å². The van der Waals surface area contributed by atoms with Crippen LogP contribution < -0.4 is 5.73 Å². The Balaban J connectivity index is 1.92. The van der Waals surface area contributed by atoms with Gasteiger partial charge in [-0.25, -0.2) is 4.68 Å². The maximum Gasteiger partial charge on any atom is 0.237 e. The van der Waals surface area contributed by atoms with Crippen molar-refractivity contribution in [1.29, 1.82) is 0 Å². The van der Waals surface area contributed by atoms with Crippen molar-refractivity contribution in [3.8, 4) is 0 Å². The first kappa shape index (κ1) is 15.0. The molecule has 20 heavy (non-hydrogen) atoms. The third-order valence-corrected chi connectivity index (χ3v) is 4.09. The van der Waals surface area contributed by atoms with E-state index in [9.17, 15) is 4.79 Å². The first-order valence-corrected chi connectivity index (χ1v) is 7.83. The molecule has 2 N–H and O–H groups in total. The van der Waals surface area contributed by atoms with E-state index >= 15 is 0 Å². The Bertz CT molecular complexity index is 486. The average molecular weight is 296 g/mol. The third kappa shape index (κ3) is 3.57. The first-order valence-electron chi connectivity index (χ1n) is 6.84. The molecule has 8 heteroatoms. The predicted molar refractivity (Wildman–Crippen MR) is 76.9 cm³/mol. The van der Waals surface area contributed by atoms with Crippen molar-refractivity contribution in [2.24, 2.45) is 5.73 Å². The molecule has 0 atom stereocenters. The molecule has 0 fully saturated rings. The highest BCUT2D eigenvalue weighted by atomic mass is 32.2. The van der Waals surface area contributed by atoms with Crippen LogP contribution in [0.2, 0.25) is 0 Å². The van der Waals surface area contributed by atoms with E-state index in [2.05, 4.69) is 21.6 Å². The van der Waals surface area contributed by atoms with Gasteiger partial charge in [0.15, 0.2) is 0 Å². The lowest BCUT2D eigenvalue weighted by atomic mass is 10.3. The fraction of sp³-hybridized carbons (Fsp3) is 0.667. The third-order valence-electron chi connectivity index (χ3n) is 3.15. The van der Waals surface area contributed by atoms with Crippen LogP contribution in [0.5, 0.6) is 0 Å². The van der Waals surface area contributed by atoms with Crippen LogP contribution in [-0.2, 0) is 11.3 Å². The molecular formula is C12H20N6OS. The van der Waals surface area contributed by atoms with Gasteiger partial charge >= 0.3 is 0 Å². The van der Waals surface area contributed by atoms with Gasteiger partial charge < -0.3 is 10.6 Å². The molecule has 1 aliphatic carbocycles. The standard InChI is InChI=1S/C12H20N6OS/c1-2-17(10-5-3-4-6-10)11(19)9-20-12-14-15-16-18(12)8-7-13/h5H,2-4,6-9,13H2,1H3. The number of hydrogen-bond donors (Lipinski definition) is 1. The number of nitrogens with zero attached hydrogens (tertiary/aromatic N) is 5. The van der Waals surface area contributed by atoms with E-state index in [-0.39, 0.29) is 5.91 Å². The number of thioether (sulfide) groups is 1. The minimum absolute atomic E-state index is 0.105. The van der Waals surface area contributed by atoms with Crippen LogP contribution in [-0.4, -0.2) is 49.9 Å². The van der Waals surface area contributed by atoms with Crippen molar-refractivity contribution in [3.05, 3.63) is 11.8 Å². The summed E-state index contributed by atoms with van der Waals surface area (Å²) >= 11 is 1.36. The van der Waals surface area contributed by atoms with Crippen LogP contribution in [0.4, 0.5) is 0 Å². The van der Waals surface area contributed by atoms with Gasteiger partial charge in [-0.05, 0) is 36.6 Å². The normalized spacial score (nSPS) is 14.4. The summed E-state index contributed by atoms with van der Waals surface area (Å²) in [7, 11) is 0. The van der Waals surface area contributed by atoms with Gasteiger partial charge in [0, 0.05) is 18.8 Å². The monoisotopic (exact) mass is 296 g/mol. The second kappa shape index (κ2) is 7.39. The number of hydrogen-bond acceptors (Lipinski definition) is 6. The summed E-state index contributed by atoms with van der Waals surface area (Å²) in [6.45, 7) is 3.74. The average Bonchev–Trinajstić information content (AvgIpc) is 3.09. The van der Waals surface area contributed by atoms with E-state index in [0.29, 0.717) is 30.5 Å². The summed E-state index contributed by atoms with van der Waals surface area (Å²) in [6.07, 6.45) is 5.36. The lowest BCUT2D eigenvalue weighted by Gasteiger charge is -2.21. The van der Waals surface area contributed by atoms with Gasteiger partial charge in [-0.2, -0.15) is 0 Å². The van der Waals surface area contributed by atoms with Crippen LogP contribution in [0.1, 0.15) is 26.2 Å². The fourth-order valence-electron chi connectivity index (χ4n) is 2.21. The van der Waals surface area contributed by atoms with Gasteiger partial charge in [-0.3, -0.25) is 4.79 Å². The lowest BCUT2D eigenvalue weighted by Crippen LogP contribution is -2.31. The summed E-state index contributed by atoms with van der Waals surface area (Å²) in [5.74, 6) is 0.448. The van der Waals surface area contributed by atoms with Crippen molar-refractivity contribution in [1.82, 2.24) is 25.1 Å². The lowest BCUT2D eigenvalue weighted by molar-refractivity contribution is -0.126. The summed E-state index contributed by atoms with van der Waals surface area (Å²) < 4.78 is 1.63. The summed E-state index contributed by atoms with van der Waals surface area (Å²) in [4.78, 5) is 14.1. The van der Waals surface area contributed by atoms with E-state index in [1.165, 1.54) is 11.8 Å². The van der Waals surface area contributed by atoms with Crippen molar-refractivity contribution in [2.45, 2.75) is 37.9 Å². The van der Waals surface area contributed by atoms with Crippen molar-refractivity contribution in [3.63, 3.8) is 0 Å². The van der Waals surface area contributed by atoms with Crippen molar-refractivity contribution < 1.29 is 4.79 Å². The molecule has 1 amide bonds. The topological polar surface area (TPSA) is 89.9 Å². The number of carbonyl (C=O) groups excluding carboxylic acids is 1. The molecule has 1 aliphatic rings. The van der Waals surface area contributed by atoms with Gasteiger partial charge in [0.05, 0.1) is 12.3 Å². The second-order valence-electron chi connectivity index (χ2n) is 4.49. The quantitative estimate of drug-likeness (QED) is 0.743. The van der Waals surface area contributed by atoms with Crippen LogP contribution in [0.15, 0.2) is 16.9 Å². The Hall–Kier alpha value is -1.41. The molecule has 0 saturated heterocycles. The van der Waals surface area contributed by atoms with E-state index in [0.717, 1.165) is 25.0 Å². The second-order valence-corrected chi connectivity index (χ2v) is 5.43. The highest BCUT2D eigenvalue weighted by molar-refractivity contribution is 7.99. The maximum atomic E-state index is 12.3. The van der Waals surface area contributed by atoms with Crippen molar-refractivity contribution in [2.75, 3.05) is 18.8 Å². The van der Waals surface area contributed by atoms with Gasteiger partial charge in [0.25, 0.3) is 0 Å². The van der Waals surface area contributed by atoms with Crippen molar-refractivity contribution >= 4 is 17.7 Å². The summed E-state index contributed by atoms with van der Waals surface area (Å²) in [5, 5.41) is 12.0. The number of tetrazole rings is 1. The number of aromatic nitrogens is 4. The zero-order chi connectivity index (χ0) is 14.4. The Morgan fingerprint density at radius 3 is 3.10 bits per heavy atom. The Kier molecular flexibility index (Phi) is 5.54. The molecule has 1 heterocycles. The molecule has 0 unspecified atom stereocenters. The molecule has 110 valence electrons.